The number of hydrogen-bond acceptors (Lipinski definition) is 6. The first-order valence-corrected chi connectivity index (χ1v) is 9.77. The molecule has 1 amide bonds. The smallest absolute Gasteiger partial charge is 0.262 e. The SMILES string of the molecule is COc1ccc(N(Cc2cccs2)C(=O)c2cc(OC)c(OC)cc2OC)cc1. The number of rotatable bonds is 8. The minimum absolute atomic E-state index is 0.207. The van der Waals surface area contributed by atoms with E-state index in [9.17, 15) is 4.79 Å². The van der Waals surface area contributed by atoms with E-state index in [1.54, 1.807) is 42.6 Å². The third-order valence-electron chi connectivity index (χ3n) is 4.46. The standard InChI is InChI=1S/C22H23NO5S/c1-25-16-9-7-15(8-10-16)23(14-17-6-5-11-29-17)22(24)18-12-20(27-3)21(28-4)13-19(18)26-2/h5-13H,14H2,1-4H3. The molecule has 0 unspecified atom stereocenters. The molecule has 3 aromatic rings. The Hall–Kier alpha value is -3.19. The van der Waals surface area contributed by atoms with Crippen molar-refractivity contribution in [3.05, 3.63) is 64.4 Å². The number of carbonyl (C=O) groups excluding carboxylic acids is 1. The Balaban J connectivity index is 2.06. The Labute approximate surface area is 174 Å². The fourth-order valence-electron chi connectivity index (χ4n) is 2.94. The van der Waals surface area contributed by atoms with Crippen LogP contribution in [0.25, 0.3) is 0 Å². The maximum absolute atomic E-state index is 13.6. The average Bonchev–Trinajstić information content (AvgIpc) is 3.29. The summed E-state index contributed by atoms with van der Waals surface area (Å²) >= 11 is 1.60. The molecule has 0 aliphatic rings. The second-order valence-corrected chi connectivity index (χ2v) is 7.11. The van der Waals surface area contributed by atoms with E-state index in [1.807, 2.05) is 41.8 Å². The van der Waals surface area contributed by atoms with E-state index in [1.165, 1.54) is 14.2 Å². The van der Waals surface area contributed by atoms with Crippen LogP contribution >= 0.6 is 11.3 Å². The molecule has 2 aromatic carbocycles. The molecule has 0 fully saturated rings. The van der Waals surface area contributed by atoms with E-state index in [4.69, 9.17) is 18.9 Å². The summed E-state index contributed by atoms with van der Waals surface area (Å²) in [5.41, 5.74) is 1.14. The molecule has 6 nitrogen and oxygen atoms in total. The zero-order valence-electron chi connectivity index (χ0n) is 16.8. The molecule has 0 radical (unpaired) electrons. The zero-order valence-corrected chi connectivity index (χ0v) is 17.6. The van der Waals surface area contributed by atoms with E-state index in [0.717, 1.165) is 16.3 Å². The Kier molecular flexibility index (Phi) is 6.61. The summed E-state index contributed by atoms with van der Waals surface area (Å²) in [5, 5.41) is 1.99. The molecule has 0 saturated carbocycles. The summed E-state index contributed by atoms with van der Waals surface area (Å²) in [6.45, 7) is 0.431. The molecular formula is C22H23NO5S. The lowest BCUT2D eigenvalue weighted by atomic mass is 10.1. The minimum atomic E-state index is -0.207. The second kappa shape index (κ2) is 9.34. The maximum Gasteiger partial charge on any atom is 0.262 e. The lowest BCUT2D eigenvalue weighted by Gasteiger charge is -2.24. The van der Waals surface area contributed by atoms with Crippen molar-refractivity contribution in [3.63, 3.8) is 0 Å². The molecule has 7 heteroatoms. The van der Waals surface area contributed by atoms with Gasteiger partial charge in [-0.15, -0.1) is 11.3 Å². The highest BCUT2D eigenvalue weighted by molar-refractivity contribution is 7.09. The third-order valence-corrected chi connectivity index (χ3v) is 5.32. The van der Waals surface area contributed by atoms with Gasteiger partial charge in [0.1, 0.15) is 11.5 Å². The fourth-order valence-corrected chi connectivity index (χ4v) is 3.64. The van der Waals surface area contributed by atoms with Gasteiger partial charge in [-0.1, -0.05) is 6.07 Å². The molecule has 0 spiro atoms. The third kappa shape index (κ3) is 4.46. The molecule has 0 N–H and O–H groups in total. The highest BCUT2D eigenvalue weighted by Gasteiger charge is 2.24. The van der Waals surface area contributed by atoms with Crippen molar-refractivity contribution in [1.29, 1.82) is 0 Å². The predicted octanol–water partition coefficient (Wildman–Crippen LogP) is 4.63. The van der Waals surface area contributed by atoms with Crippen LogP contribution in [0.3, 0.4) is 0 Å². The number of methoxy groups -OCH3 is 4. The molecule has 3 rings (SSSR count). The maximum atomic E-state index is 13.6. The van der Waals surface area contributed by atoms with Crippen LogP contribution in [-0.4, -0.2) is 34.3 Å². The van der Waals surface area contributed by atoms with Gasteiger partial charge in [-0.2, -0.15) is 0 Å². The Morgan fingerprint density at radius 1 is 0.862 bits per heavy atom. The van der Waals surface area contributed by atoms with Crippen LogP contribution < -0.4 is 23.8 Å². The average molecular weight is 413 g/mol. The Morgan fingerprint density at radius 2 is 1.52 bits per heavy atom. The van der Waals surface area contributed by atoms with Crippen molar-refractivity contribution in [3.8, 4) is 23.0 Å². The topological polar surface area (TPSA) is 57.2 Å². The first-order chi connectivity index (χ1) is 14.1. The van der Waals surface area contributed by atoms with E-state index in [2.05, 4.69) is 0 Å². The van der Waals surface area contributed by atoms with E-state index in [0.29, 0.717) is 29.4 Å². The number of ether oxygens (including phenoxy) is 4. The fraction of sp³-hybridized carbons (Fsp3) is 0.227. The first-order valence-electron chi connectivity index (χ1n) is 8.89. The quantitative estimate of drug-likeness (QED) is 0.539. The number of benzene rings is 2. The van der Waals surface area contributed by atoms with E-state index >= 15 is 0 Å². The van der Waals surface area contributed by atoms with Gasteiger partial charge in [0.25, 0.3) is 5.91 Å². The van der Waals surface area contributed by atoms with Gasteiger partial charge in [0, 0.05) is 22.7 Å². The van der Waals surface area contributed by atoms with Crippen molar-refractivity contribution in [2.75, 3.05) is 33.3 Å². The van der Waals surface area contributed by atoms with Gasteiger partial charge in [0.2, 0.25) is 0 Å². The number of carbonyl (C=O) groups is 1. The molecule has 0 atom stereocenters. The van der Waals surface area contributed by atoms with Crippen LogP contribution in [0.15, 0.2) is 53.9 Å². The van der Waals surface area contributed by atoms with Gasteiger partial charge in [-0.05, 0) is 35.7 Å². The summed E-state index contributed by atoms with van der Waals surface area (Å²) in [6, 6.07) is 14.6. The van der Waals surface area contributed by atoms with Crippen molar-refractivity contribution < 1.29 is 23.7 Å². The first kappa shape index (κ1) is 20.5. The molecule has 0 saturated heterocycles. The van der Waals surface area contributed by atoms with Gasteiger partial charge < -0.3 is 23.8 Å². The van der Waals surface area contributed by atoms with Crippen molar-refractivity contribution in [2.45, 2.75) is 6.54 Å². The summed E-state index contributed by atoms with van der Waals surface area (Å²) in [6.07, 6.45) is 0. The van der Waals surface area contributed by atoms with Gasteiger partial charge in [0.15, 0.2) is 11.5 Å². The summed E-state index contributed by atoms with van der Waals surface area (Å²) in [4.78, 5) is 16.4. The van der Waals surface area contributed by atoms with Gasteiger partial charge in [-0.25, -0.2) is 0 Å². The van der Waals surface area contributed by atoms with Crippen LogP contribution in [0.1, 0.15) is 15.2 Å². The predicted molar refractivity (Wildman–Crippen MR) is 114 cm³/mol. The molecule has 1 aromatic heterocycles. The van der Waals surface area contributed by atoms with E-state index in [-0.39, 0.29) is 5.91 Å². The van der Waals surface area contributed by atoms with Crippen LogP contribution in [0.5, 0.6) is 23.0 Å². The highest BCUT2D eigenvalue weighted by Crippen LogP contribution is 2.36. The Morgan fingerprint density at radius 3 is 2.07 bits per heavy atom. The number of hydrogen-bond donors (Lipinski definition) is 0. The van der Waals surface area contributed by atoms with Gasteiger partial charge >= 0.3 is 0 Å². The largest absolute Gasteiger partial charge is 0.497 e. The Bertz CT molecular complexity index is 954. The number of nitrogens with zero attached hydrogens (tertiary/aromatic N) is 1. The number of anilines is 1. The molecule has 0 aliphatic carbocycles. The van der Waals surface area contributed by atoms with Crippen molar-refractivity contribution in [1.82, 2.24) is 0 Å². The summed E-state index contributed by atoms with van der Waals surface area (Å²) in [5.74, 6) is 1.89. The van der Waals surface area contributed by atoms with E-state index < -0.39 is 0 Å². The van der Waals surface area contributed by atoms with Crippen molar-refractivity contribution in [2.24, 2.45) is 0 Å². The molecular weight excluding hydrogens is 390 g/mol. The zero-order chi connectivity index (χ0) is 20.8. The minimum Gasteiger partial charge on any atom is -0.497 e. The van der Waals surface area contributed by atoms with Crippen LogP contribution in [-0.2, 0) is 6.54 Å². The van der Waals surface area contributed by atoms with Gasteiger partial charge in [-0.3, -0.25) is 4.79 Å². The lowest BCUT2D eigenvalue weighted by molar-refractivity contribution is 0.0982. The van der Waals surface area contributed by atoms with Crippen LogP contribution in [0.4, 0.5) is 5.69 Å². The second-order valence-electron chi connectivity index (χ2n) is 6.08. The number of thiophene rings is 1. The lowest BCUT2D eigenvalue weighted by Crippen LogP contribution is -2.30. The molecule has 1 heterocycles. The normalized spacial score (nSPS) is 10.3. The summed E-state index contributed by atoms with van der Waals surface area (Å²) in [7, 11) is 6.21. The molecule has 0 bridgehead atoms. The van der Waals surface area contributed by atoms with Crippen LogP contribution in [0.2, 0.25) is 0 Å². The summed E-state index contributed by atoms with van der Waals surface area (Å²) < 4.78 is 21.4. The monoisotopic (exact) mass is 413 g/mol. The van der Waals surface area contributed by atoms with Gasteiger partial charge in [0.05, 0.1) is 40.5 Å². The molecule has 29 heavy (non-hydrogen) atoms. The highest BCUT2D eigenvalue weighted by atomic mass is 32.1. The number of amides is 1. The molecule has 0 aliphatic heterocycles. The molecule has 152 valence electrons. The van der Waals surface area contributed by atoms with Crippen LogP contribution in [0, 0.1) is 0 Å². The van der Waals surface area contributed by atoms with Crippen molar-refractivity contribution >= 4 is 22.9 Å².